The van der Waals surface area contributed by atoms with Gasteiger partial charge in [0.2, 0.25) is 5.91 Å². The van der Waals surface area contributed by atoms with Crippen LogP contribution in [-0.2, 0) is 11.3 Å². The van der Waals surface area contributed by atoms with Crippen LogP contribution in [0.15, 0.2) is 27.8 Å². The number of carbonyl (C=O) groups excluding carboxylic acids is 1. The van der Waals surface area contributed by atoms with Crippen LogP contribution in [0, 0.1) is 13.8 Å². The normalized spacial score (nSPS) is 10.7. The largest absolute Gasteiger partial charge is 0.383 e. The van der Waals surface area contributed by atoms with E-state index >= 15 is 0 Å². The van der Waals surface area contributed by atoms with Gasteiger partial charge in [-0.3, -0.25) is 19.1 Å². The molecule has 0 saturated heterocycles. The van der Waals surface area contributed by atoms with Crippen molar-refractivity contribution in [3.05, 3.63) is 50.2 Å². The van der Waals surface area contributed by atoms with Crippen molar-refractivity contribution in [2.45, 2.75) is 47.1 Å². The lowest BCUT2D eigenvalue weighted by atomic mass is 10.1. The van der Waals surface area contributed by atoms with Gasteiger partial charge in [0.1, 0.15) is 11.5 Å². The van der Waals surface area contributed by atoms with E-state index in [1.807, 2.05) is 45.9 Å². The van der Waals surface area contributed by atoms with E-state index in [1.54, 1.807) is 4.90 Å². The van der Waals surface area contributed by atoms with Crippen LogP contribution in [-0.4, -0.2) is 28.5 Å². The SMILES string of the molecule is CCCCn1c(N)c(N(CC)CC(=O)Nc2cccc(C)c2C)c(=O)[nH]c1=O. The summed E-state index contributed by atoms with van der Waals surface area (Å²) in [6.07, 6.45) is 1.64. The van der Waals surface area contributed by atoms with Gasteiger partial charge in [0.25, 0.3) is 5.56 Å². The van der Waals surface area contributed by atoms with Crippen LogP contribution in [0.3, 0.4) is 0 Å². The minimum atomic E-state index is -0.586. The summed E-state index contributed by atoms with van der Waals surface area (Å²) in [7, 11) is 0. The minimum absolute atomic E-state index is 0.0524. The average molecular weight is 387 g/mol. The molecule has 0 atom stereocenters. The average Bonchev–Trinajstić information content (AvgIpc) is 2.64. The van der Waals surface area contributed by atoms with E-state index in [9.17, 15) is 14.4 Å². The minimum Gasteiger partial charge on any atom is -0.383 e. The van der Waals surface area contributed by atoms with Gasteiger partial charge >= 0.3 is 5.69 Å². The first kappa shape index (κ1) is 21.3. The monoisotopic (exact) mass is 387 g/mol. The molecule has 4 N–H and O–H groups in total. The summed E-state index contributed by atoms with van der Waals surface area (Å²) >= 11 is 0. The van der Waals surface area contributed by atoms with E-state index in [0.29, 0.717) is 13.1 Å². The maximum absolute atomic E-state index is 12.6. The summed E-state index contributed by atoms with van der Waals surface area (Å²) in [5.41, 5.74) is 7.97. The summed E-state index contributed by atoms with van der Waals surface area (Å²) in [5.74, 6) is -0.177. The zero-order chi connectivity index (χ0) is 20.8. The molecule has 0 unspecified atom stereocenters. The quantitative estimate of drug-likeness (QED) is 0.641. The van der Waals surface area contributed by atoms with Crippen molar-refractivity contribution in [2.75, 3.05) is 29.0 Å². The number of amides is 1. The number of likely N-dealkylation sites (N-methyl/N-ethyl adjacent to an activating group) is 1. The molecule has 0 radical (unpaired) electrons. The predicted molar refractivity (Wildman–Crippen MR) is 113 cm³/mol. The topological polar surface area (TPSA) is 113 Å². The third kappa shape index (κ3) is 4.62. The van der Waals surface area contributed by atoms with Crippen LogP contribution >= 0.6 is 0 Å². The van der Waals surface area contributed by atoms with E-state index in [-0.39, 0.29) is 24.0 Å². The number of carbonyl (C=O) groups is 1. The number of benzene rings is 1. The zero-order valence-corrected chi connectivity index (χ0v) is 17.0. The molecule has 0 aliphatic rings. The molecule has 1 aromatic heterocycles. The summed E-state index contributed by atoms with van der Waals surface area (Å²) in [4.78, 5) is 41.0. The Labute approximate surface area is 164 Å². The van der Waals surface area contributed by atoms with Crippen LogP contribution in [0.2, 0.25) is 0 Å². The van der Waals surface area contributed by atoms with E-state index < -0.39 is 11.2 Å². The van der Waals surface area contributed by atoms with Crippen LogP contribution in [0.5, 0.6) is 0 Å². The number of rotatable bonds is 8. The molecule has 1 amide bonds. The molecule has 0 fully saturated rings. The second-order valence-electron chi connectivity index (χ2n) is 6.81. The molecule has 0 saturated carbocycles. The van der Waals surface area contributed by atoms with E-state index in [2.05, 4.69) is 10.3 Å². The fourth-order valence-electron chi connectivity index (χ4n) is 3.02. The van der Waals surface area contributed by atoms with Gasteiger partial charge in [-0.2, -0.15) is 0 Å². The zero-order valence-electron chi connectivity index (χ0n) is 17.0. The van der Waals surface area contributed by atoms with Gasteiger partial charge in [-0.15, -0.1) is 0 Å². The van der Waals surface area contributed by atoms with Crippen LogP contribution < -0.4 is 27.2 Å². The van der Waals surface area contributed by atoms with E-state index in [0.717, 1.165) is 29.7 Å². The maximum atomic E-state index is 12.6. The van der Waals surface area contributed by atoms with Crippen molar-refractivity contribution in [3.8, 4) is 0 Å². The number of nitrogens with one attached hydrogen (secondary N) is 2. The summed E-state index contributed by atoms with van der Waals surface area (Å²) in [6.45, 7) is 8.49. The first-order valence-corrected chi connectivity index (χ1v) is 9.53. The lowest BCUT2D eigenvalue weighted by Crippen LogP contribution is -2.41. The molecule has 152 valence electrons. The first-order valence-electron chi connectivity index (χ1n) is 9.53. The third-order valence-corrected chi connectivity index (χ3v) is 4.86. The number of H-pyrrole nitrogens is 1. The second-order valence-corrected chi connectivity index (χ2v) is 6.81. The van der Waals surface area contributed by atoms with Gasteiger partial charge < -0.3 is 16.0 Å². The smallest absolute Gasteiger partial charge is 0.330 e. The molecule has 8 heteroatoms. The number of hydrogen-bond acceptors (Lipinski definition) is 5. The Hall–Kier alpha value is -3.03. The first-order chi connectivity index (χ1) is 13.3. The Morgan fingerprint density at radius 2 is 1.96 bits per heavy atom. The molecular weight excluding hydrogens is 358 g/mol. The Morgan fingerprint density at radius 3 is 2.61 bits per heavy atom. The van der Waals surface area contributed by atoms with Gasteiger partial charge in [0.05, 0.1) is 6.54 Å². The molecule has 0 aliphatic carbocycles. The molecule has 1 heterocycles. The summed E-state index contributed by atoms with van der Waals surface area (Å²) < 4.78 is 1.35. The van der Waals surface area contributed by atoms with Crippen LogP contribution in [0.25, 0.3) is 0 Å². The predicted octanol–water partition coefficient (Wildman–Crippen LogP) is 2.00. The highest BCUT2D eigenvalue weighted by Crippen LogP contribution is 2.19. The highest BCUT2D eigenvalue weighted by atomic mass is 16.2. The number of nitrogens with zero attached hydrogens (tertiary/aromatic N) is 2. The van der Waals surface area contributed by atoms with E-state index in [1.165, 1.54) is 4.57 Å². The standard InChI is InChI=1S/C20H29N5O3/c1-5-7-11-25-18(21)17(19(27)23-20(25)28)24(6-2)12-16(26)22-15-10-8-9-13(3)14(15)4/h8-10H,5-7,11-12,21H2,1-4H3,(H,22,26)(H,23,27,28). The molecule has 0 spiro atoms. The van der Waals surface area contributed by atoms with Gasteiger partial charge in [-0.1, -0.05) is 25.5 Å². The van der Waals surface area contributed by atoms with Crippen molar-refractivity contribution in [3.63, 3.8) is 0 Å². The highest BCUT2D eigenvalue weighted by molar-refractivity contribution is 5.95. The number of hydrogen-bond donors (Lipinski definition) is 3. The number of aryl methyl sites for hydroxylation is 1. The third-order valence-electron chi connectivity index (χ3n) is 4.86. The molecule has 2 rings (SSSR count). The Kier molecular flexibility index (Phi) is 7.03. The fraction of sp³-hybridized carbons (Fsp3) is 0.450. The number of anilines is 3. The molecule has 28 heavy (non-hydrogen) atoms. The van der Waals surface area contributed by atoms with Crippen molar-refractivity contribution in [2.24, 2.45) is 0 Å². The molecular formula is C20H29N5O3. The Bertz CT molecular complexity index is 961. The number of unbranched alkanes of at least 4 members (excludes halogenated alkanes) is 1. The molecule has 0 bridgehead atoms. The van der Waals surface area contributed by atoms with Gasteiger partial charge in [-0.05, 0) is 44.4 Å². The number of nitrogens with two attached hydrogens (primary N) is 1. The van der Waals surface area contributed by atoms with Crippen LogP contribution in [0.1, 0.15) is 37.8 Å². The van der Waals surface area contributed by atoms with Crippen molar-refractivity contribution in [1.29, 1.82) is 0 Å². The van der Waals surface area contributed by atoms with Gasteiger partial charge in [0, 0.05) is 18.8 Å². The second kappa shape index (κ2) is 9.25. The molecule has 0 aliphatic heterocycles. The van der Waals surface area contributed by atoms with Crippen molar-refractivity contribution < 1.29 is 4.79 Å². The Balaban J connectivity index is 2.30. The fourth-order valence-corrected chi connectivity index (χ4v) is 3.02. The van der Waals surface area contributed by atoms with Gasteiger partial charge in [-0.25, -0.2) is 4.79 Å². The maximum Gasteiger partial charge on any atom is 0.330 e. The summed E-state index contributed by atoms with van der Waals surface area (Å²) in [6, 6.07) is 5.69. The highest BCUT2D eigenvalue weighted by Gasteiger charge is 2.20. The lowest BCUT2D eigenvalue weighted by Gasteiger charge is -2.24. The van der Waals surface area contributed by atoms with Gasteiger partial charge in [0.15, 0.2) is 0 Å². The molecule has 8 nitrogen and oxygen atoms in total. The molecule has 2 aromatic rings. The number of aromatic amines is 1. The van der Waals surface area contributed by atoms with E-state index in [4.69, 9.17) is 5.73 Å². The Morgan fingerprint density at radius 1 is 1.25 bits per heavy atom. The van der Waals surface area contributed by atoms with Crippen molar-refractivity contribution >= 4 is 23.1 Å². The number of nitrogen functional groups attached to an aromatic ring is 1. The summed E-state index contributed by atoms with van der Waals surface area (Å²) in [5, 5.41) is 2.88. The van der Waals surface area contributed by atoms with Crippen molar-refractivity contribution in [1.82, 2.24) is 9.55 Å². The van der Waals surface area contributed by atoms with Crippen LogP contribution in [0.4, 0.5) is 17.2 Å². The number of aromatic nitrogens is 2. The molecule has 1 aromatic carbocycles. The lowest BCUT2D eigenvalue weighted by molar-refractivity contribution is -0.115.